The third kappa shape index (κ3) is 10.3. The maximum atomic E-state index is 2.39. The zero-order valence-electron chi connectivity index (χ0n) is 31.5. The summed E-state index contributed by atoms with van der Waals surface area (Å²) in [6.07, 6.45) is 13.5. The van der Waals surface area contributed by atoms with E-state index in [0.29, 0.717) is 0 Å². The summed E-state index contributed by atoms with van der Waals surface area (Å²) in [5.41, 5.74) is 14.3. The molecule has 0 saturated carbocycles. The van der Waals surface area contributed by atoms with Crippen LogP contribution < -0.4 is 0 Å². The molecule has 4 aromatic carbocycles. The van der Waals surface area contributed by atoms with E-state index < -0.39 is 0 Å². The van der Waals surface area contributed by atoms with Gasteiger partial charge in [0.25, 0.3) is 0 Å². The number of benzene rings is 4. The molecular formula is C47H58. The van der Waals surface area contributed by atoms with Crippen molar-refractivity contribution in [2.24, 2.45) is 0 Å². The molecule has 0 unspecified atom stereocenters. The molecule has 0 aliphatic carbocycles. The summed E-state index contributed by atoms with van der Waals surface area (Å²) in [5.74, 6) is 0. The van der Waals surface area contributed by atoms with Crippen LogP contribution in [0.3, 0.4) is 0 Å². The molecule has 0 aromatic heterocycles. The highest BCUT2D eigenvalue weighted by atomic mass is 14.3. The lowest BCUT2D eigenvalue weighted by Crippen LogP contribution is -2.16. The molecule has 0 spiro atoms. The first-order valence-corrected chi connectivity index (χ1v) is 17.2. The highest BCUT2D eigenvalue weighted by Crippen LogP contribution is 2.33. The van der Waals surface area contributed by atoms with E-state index in [2.05, 4.69) is 205 Å². The molecule has 0 fully saturated rings. The first-order valence-electron chi connectivity index (χ1n) is 17.2. The fourth-order valence-electron chi connectivity index (χ4n) is 5.47. The molecule has 0 radical (unpaired) electrons. The van der Waals surface area contributed by atoms with Gasteiger partial charge in [-0.3, -0.25) is 0 Å². The van der Waals surface area contributed by atoms with Gasteiger partial charge in [-0.05, 0) is 102 Å². The van der Waals surface area contributed by atoms with Crippen LogP contribution in [0.4, 0.5) is 0 Å². The summed E-state index contributed by atoms with van der Waals surface area (Å²) in [7, 11) is 0. The van der Waals surface area contributed by atoms with E-state index in [1.165, 1.54) is 61.2 Å². The third-order valence-corrected chi connectivity index (χ3v) is 8.86. The Balaban J connectivity index is 1.79. The minimum Gasteiger partial charge on any atom is -0.0587 e. The van der Waals surface area contributed by atoms with Crippen LogP contribution >= 0.6 is 0 Å². The van der Waals surface area contributed by atoms with Gasteiger partial charge in [0.2, 0.25) is 0 Å². The second kappa shape index (κ2) is 13.7. The van der Waals surface area contributed by atoms with Crippen LogP contribution in [0, 0.1) is 6.92 Å². The second-order valence-corrected chi connectivity index (χ2v) is 17.5. The Labute approximate surface area is 287 Å². The Morgan fingerprint density at radius 1 is 0.298 bits per heavy atom. The number of hydrogen-bond donors (Lipinski definition) is 0. The van der Waals surface area contributed by atoms with Crippen LogP contribution in [0.25, 0.3) is 36.5 Å². The highest BCUT2D eigenvalue weighted by Gasteiger charge is 2.21. The monoisotopic (exact) mass is 622 g/mol. The van der Waals surface area contributed by atoms with Gasteiger partial charge >= 0.3 is 0 Å². The van der Waals surface area contributed by atoms with Gasteiger partial charge in [-0.2, -0.15) is 0 Å². The van der Waals surface area contributed by atoms with E-state index in [1.807, 2.05) is 0 Å². The van der Waals surface area contributed by atoms with Crippen molar-refractivity contribution in [2.75, 3.05) is 0 Å². The van der Waals surface area contributed by atoms with Crippen molar-refractivity contribution in [2.45, 2.75) is 112 Å². The lowest BCUT2D eigenvalue weighted by Gasteiger charge is -2.25. The summed E-state index contributed by atoms with van der Waals surface area (Å²) in [6.45, 7) is 29.7. The third-order valence-electron chi connectivity index (χ3n) is 8.86. The molecule has 0 bridgehead atoms. The van der Waals surface area contributed by atoms with Gasteiger partial charge < -0.3 is 0 Å². The Hall–Kier alpha value is -3.90. The van der Waals surface area contributed by atoms with Gasteiger partial charge in [-0.1, -0.05) is 186 Å². The Morgan fingerprint density at radius 3 is 0.787 bits per heavy atom. The smallest absolute Gasteiger partial charge is 0.0132 e. The Bertz CT molecular complexity index is 1610. The number of aryl methyl sites for hydroxylation is 1. The highest BCUT2D eigenvalue weighted by molar-refractivity contribution is 5.79. The van der Waals surface area contributed by atoms with E-state index in [4.69, 9.17) is 0 Å². The van der Waals surface area contributed by atoms with Crippen molar-refractivity contribution >= 4 is 36.5 Å². The van der Waals surface area contributed by atoms with Crippen molar-refractivity contribution in [3.05, 3.63) is 140 Å². The van der Waals surface area contributed by atoms with E-state index in [-0.39, 0.29) is 21.7 Å². The molecule has 0 aliphatic heterocycles. The van der Waals surface area contributed by atoms with E-state index in [1.54, 1.807) is 0 Å². The van der Waals surface area contributed by atoms with Crippen LogP contribution in [0.5, 0.6) is 0 Å². The summed E-state index contributed by atoms with van der Waals surface area (Å²) < 4.78 is 0. The summed E-state index contributed by atoms with van der Waals surface area (Å²) >= 11 is 0. The normalized spacial score (nSPS) is 13.4. The topological polar surface area (TPSA) is 0 Å². The molecule has 0 N–H and O–H groups in total. The lowest BCUT2D eigenvalue weighted by molar-refractivity contribution is 0.568. The zero-order chi connectivity index (χ0) is 34.8. The van der Waals surface area contributed by atoms with Crippen molar-refractivity contribution in [1.82, 2.24) is 0 Å². The van der Waals surface area contributed by atoms with Crippen molar-refractivity contribution < 1.29 is 0 Å². The van der Waals surface area contributed by atoms with Gasteiger partial charge in [0.1, 0.15) is 0 Å². The SMILES string of the molecule is Cc1ccc(C=Cc2cc(C=Cc3cc(C(C)(C)C)cc(C(C)(C)C)c3)cc(C=Cc3cc(C(C)(C)C)cc(C(C)(C)C)c3)c2)cc1. The molecule has 4 rings (SSSR count). The average molecular weight is 623 g/mol. The minimum atomic E-state index is 0.0830. The zero-order valence-corrected chi connectivity index (χ0v) is 31.5. The van der Waals surface area contributed by atoms with Crippen LogP contribution in [-0.4, -0.2) is 0 Å². The first-order chi connectivity index (χ1) is 21.7. The average Bonchev–Trinajstić information content (AvgIpc) is 2.96. The summed E-state index contributed by atoms with van der Waals surface area (Å²) in [5, 5.41) is 0. The first kappa shape index (κ1) is 35.9. The van der Waals surface area contributed by atoms with Crippen LogP contribution in [0.15, 0.2) is 78.9 Å². The predicted octanol–water partition coefficient (Wildman–Crippen LogP) is 13.7. The molecule has 0 atom stereocenters. The molecule has 4 aromatic rings. The predicted molar refractivity (Wildman–Crippen MR) is 212 cm³/mol. The molecule has 0 saturated heterocycles. The summed E-state index contributed by atoms with van der Waals surface area (Å²) in [6, 6.07) is 29.7. The van der Waals surface area contributed by atoms with Gasteiger partial charge in [0.15, 0.2) is 0 Å². The van der Waals surface area contributed by atoms with Crippen molar-refractivity contribution in [1.29, 1.82) is 0 Å². The van der Waals surface area contributed by atoms with E-state index in [0.717, 1.165) is 0 Å². The lowest BCUT2D eigenvalue weighted by atomic mass is 9.79. The van der Waals surface area contributed by atoms with E-state index >= 15 is 0 Å². The maximum absolute atomic E-state index is 2.39. The molecule has 0 amide bonds. The minimum absolute atomic E-state index is 0.0830. The molecule has 246 valence electrons. The molecule has 0 aliphatic rings. The van der Waals surface area contributed by atoms with Crippen LogP contribution in [-0.2, 0) is 21.7 Å². The fourth-order valence-corrected chi connectivity index (χ4v) is 5.47. The Morgan fingerprint density at radius 2 is 0.532 bits per heavy atom. The molecule has 47 heavy (non-hydrogen) atoms. The second-order valence-electron chi connectivity index (χ2n) is 17.5. The van der Waals surface area contributed by atoms with Crippen molar-refractivity contribution in [3.63, 3.8) is 0 Å². The maximum Gasteiger partial charge on any atom is -0.0132 e. The quantitative estimate of drug-likeness (QED) is 0.188. The molecule has 0 heterocycles. The summed E-state index contributed by atoms with van der Waals surface area (Å²) in [4.78, 5) is 0. The molecular weight excluding hydrogens is 565 g/mol. The van der Waals surface area contributed by atoms with Gasteiger partial charge in [-0.25, -0.2) is 0 Å². The number of rotatable bonds is 6. The molecule has 0 heteroatoms. The van der Waals surface area contributed by atoms with E-state index in [9.17, 15) is 0 Å². The van der Waals surface area contributed by atoms with Gasteiger partial charge in [-0.15, -0.1) is 0 Å². The Kier molecular flexibility index (Phi) is 10.5. The van der Waals surface area contributed by atoms with Gasteiger partial charge in [0, 0.05) is 0 Å². The number of hydrogen-bond acceptors (Lipinski definition) is 0. The van der Waals surface area contributed by atoms with Crippen LogP contribution in [0.2, 0.25) is 0 Å². The largest absolute Gasteiger partial charge is 0.0587 e. The van der Waals surface area contributed by atoms with Crippen molar-refractivity contribution in [3.8, 4) is 0 Å². The van der Waals surface area contributed by atoms with Crippen LogP contribution in [0.1, 0.15) is 144 Å². The molecule has 0 nitrogen and oxygen atoms in total. The fraction of sp³-hybridized carbons (Fsp3) is 0.362. The standard InChI is InChI=1S/C47H58/c1-33-14-16-34(17-15-33)18-19-35-24-36(20-22-38-27-40(44(2,3)4)31-41(28-38)45(5,6)7)26-37(25-35)21-23-39-29-42(46(8,9)10)32-43(30-39)47(11,12)13/h14-32H,1-13H3. The van der Waals surface area contributed by atoms with Gasteiger partial charge in [0.05, 0.1) is 0 Å².